The van der Waals surface area contributed by atoms with Crippen molar-refractivity contribution in [3.05, 3.63) is 69.8 Å². The van der Waals surface area contributed by atoms with Crippen molar-refractivity contribution in [1.82, 2.24) is 0 Å². The van der Waals surface area contributed by atoms with Gasteiger partial charge >= 0.3 is 5.97 Å². The predicted octanol–water partition coefficient (Wildman–Crippen LogP) is 4.29. The summed E-state index contributed by atoms with van der Waals surface area (Å²) >= 11 is 3.32. The zero-order valence-electron chi connectivity index (χ0n) is 15.4. The second-order valence-electron chi connectivity index (χ2n) is 5.90. The number of halogens is 1. The minimum Gasteiger partial charge on any atom is -0.481 e. The molecule has 146 valence electrons. The molecule has 0 unspecified atom stereocenters. The van der Waals surface area contributed by atoms with Crippen molar-refractivity contribution in [3.8, 4) is 5.75 Å². The van der Waals surface area contributed by atoms with Crippen LogP contribution in [-0.2, 0) is 11.2 Å². The molecule has 6 nitrogen and oxygen atoms in total. The van der Waals surface area contributed by atoms with Crippen LogP contribution in [0.1, 0.15) is 29.3 Å². The van der Waals surface area contributed by atoms with Gasteiger partial charge in [-0.1, -0.05) is 41.1 Å². The van der Waals surface area contributed by atoms with Crippen LogP contribution < -0.4 is 10.5 Å². The highest BCUT2D eigenvalue weighted by Gasteiger charge is 2.15. The van der Waals surface area contributed by atoms with Gasteiger partial charge in [0.15, 0.2) is 12.4 Å². The number of aliphatic imine (C=N–C) groups is 1. The molecule has 2 aromatic rings. The van der Waals surface area contributed by atoms with E-state index in [1.165, 1.54) is 6.20 Å². The highest BCUT2D eigenvalue weighted by molar-refractivity contribution is 9.10. The number of ether oxygens (including phenoxy) is 1. The van der Waals surface area contributed by atoms with Gasteiger partial charge in [0.25, 0.3) is 0 Å². The Morgan fingerprint density at radius 2 is 2.00 bits per heavy atom. The maximum atomic E-state index is 12.8. The smallest absolute Gasteiger partial charge is 0.341 e. The van der Waals surface area contributed by atoms with Crippen molar-refractivity contribution in [3.63, 3.8) is 0 Å². The summed E-state index contributed by atoms with van der Waals surface area (Å²) in [6.07, 6.45) is 3.76. The Morgan fingerprint density at radius 3 is 2.68 bits per heavy atom. The summed E-state index contributed by atoms with van der Waals surface area (Å²) in [5.74, 6) is -1.17. The topological polar surface area (TPSA) is 102 Å². The minimum absolute atomic E-state index is 0.00811. The molecule has 0 amide bonds. The first-order valence-corrected chi connectivity index (χ1v) is 9.44. The first-order chi connectivity index (χ1) is 13.4. The summed E-state index contributed by atoms with van der Waals surface area (Å²) in [6.45, 7) is 1.51. The van der Waals surface area contributed by atoms with E-state index in [4.69, 9.17) is 15.6 Å². The highest BCUT2D eigenvalue weighted by Crippen LogP contribution is 2.26. The van der Waals surface area contributed by atoms with Crippen molar-refractivity contribution in [2.45, 2.75) is 19.8 Å². The third-order valence-corrected chi connectivity index (χ3v) is 4.41. The number of carboxylic acids is 1. The standard InChI is InChI=1S/C21H21BrN2O4/c1-2-15-5-3-4-6-18(15)24-12-14(11-23)9-19(25)17-10-16(22)7-8-20(17)28-13-21(26)27/h3-8,10-12H,2,9,13,23H2,1H3,(H,26,27). The number of carbonyl (C=O) groups excluding carboxylic acids is 1. The Morgan fingerprint density at radius 1 is 1.25 bits per heavy atom. The van der Waals surface area contributed by atoms with E-state index in [0.717, 1.165) is 17.7 Å². The van der Waals surface area contributed by atoms with E-state index in [1.807, 2.05) is 31.2 Å². The van der Waals surface area contributed by atoms with Crippen molar-refractivity contribution in [2.24, 2.45) is 10.7 Å². The normalized spacial score (nSPS) is 11.6. The van der Waals surface area contributed by atoms with Gasteiger partial charge in [-0.05, 0) is 48.0 Å². The van der Waals surface area contributed by atoms with Crippen LogP contribution in [0, 0.1) is 0 Å². The second kappa shape index (κ2) is 10.4. The zero-order valence-corrected chi connectivity index (χ0v) is 17.0. The van der Waals surface area contributed by atoms with Gasteiger partial charge in [0.2, 0.25) is 0 Å². The van der Waals surface area contributed by atoms with Gasteiger partial charge in [-0.15, -0.1) is 0 Å². The number of aryl methyl sites for hydroxylation is 1. The number of benzene rings is 2. The lowest BCUT2D eigenvalue weighted by atomic mass is 10.0. The Bertz CT molecular complexity index is 922. The molecule has 3 N–H and O–H groups in total. The molecule has 0 aliphatic rings. The van der Waals surface area contributed by atoms with Gasteiger partial charge in [0, 0.05) is 17.1 Å². The molecule has 2 aromatic carbocycles. The fraction of sp³-hybridized carbons (Fsp3) is 0.190. The Labute approximate surface area is 171 Å². The molecule has 0 saturated heterocycles. The molecule has 0 spiro atoms. The maximum absolute atomic E-state index is 12.8. The molecule has 0 aromatic heterocycles. The molecule has 0 heterocycles. The Hall–Kier alpha value is -2.93. The summed E-state index contributed by atoms with van der Waals surface area (Å²) in [7, 11) is 0. The van der Waals surface area contributed by atoms with E-state index < -0.39 is 12.6 Å². The Balaban J connectivity index is 2.19. The van der Waals surface area contributed by atoms with Crippen molar-refractivity contribution < 1.29 is 19.4 Å². The van der Waals surface area contributed by atoms with Crippen molar-refractivity contribution in [2.75, 3.05) is 6.61 Å². The predicted molar refractivity (Wildman–Crippen MR) is 112 cm³/mol. The van der Waals surface area contributed by atoms with Gasteiger partial charge in [-0.25, -0.2) is 4.79 Å². The van der Waals surface area contributed by atoms with Gasteiger partial charge in [0.05, 0.1) is 11.3 Å². The first kappa shape index (κ1) is 21.4. The molecular formula is C21H21BrN2O4. The SMILES string of the molecule is CCc1ccccc1N=CC(=CN)CC(=O)c1cc(Br)ccc1OCC(=O)O. The third-order valence-electron chi connectivity index (χ3n) is 3.91. The van der Waals surface area contributed by atoms with Crippen LogP contribution in [0.5, 0.6) is 5.75 Å². The molecular weight excluding hydrogens is 424 g/mol. The van der Waals surface area contributed by atoms with E-state index in [-0.39, 0.29) is 23.5 Å². The first-order valence-electron chi connectivity index (χ1n) is 8.64. The molecule has 0 atom stereocenters. The molecule has 0 aliphatic heterocycles. The number of nitrogens with two attached hydrogens (primary N) is 1. The molecule has 2 rings (SSSR count). The molecule has 28 heavy (non-hydrogen) atoms. The van der Waals surface area contributed by atoms with E-state index in [1.54, 1.807) is 24.4 Å². The quantitative estimate of drug-likeness (QED) is 0.443. The summed E-state index contributed by atoms with van der Waals surface area (Å²) in [4.78, 5) is 28.0. The Kier molecular flexibility index (Phi) is 7.95. The lowest BCUT2D eigenvalue weighted by molar-refractivity contribution is -0.139. The number of Topliss-reactive ketones (excluding diaryl/α,β-unsaturated/α-hetero) is 1. The van der Waals surface area contributed by atoms with Crippen LogP contribution >= 0.6 is 15.9 Å². The maximum Gasteiger partial charge on any atom is 0.341 e. The number of rotatable bonds is 9. The summed E-state index contributed by atoms with van der Waals surface area (Å²) in [6, 6.07) is 12.6. The number of ketones is 1. The summed E-state index contributed by atoms with van der Waals surface area (Å²) in [5, 5.41) is 8.80. The lowest BCUT2D eigenvalue weighted by Crippen LogP contribution is -2.12. The number of nitrogens with zero attached hydrogens (tertiary/aromatic N) is 1. The minimum atomic E-state index is -1.12. The third kappa shape index (κ3) is 6.06. The van der Waals surface area contributed by atoms with Gasteiger partial charge in [-0.2, -0.15) is 0 Å². The van der Waals surface area contributed by atoms with Crippen LogP contribution in [0.2, 0.25) is 0 Å². The fourth-order valence-corrected chi connectivity index (χ4v) is 2.86. The lowest BCUT2D eigenvalue weighted by Gasteiger charge is -2.10. The van der Waals surface area contributed by atoms with Gasteiger partial charge in [0.1, 0.15) is 5.75 Å². The zero-order chi connectivity index (χ0) is 20.5. The number of carboxylic acid groups (broad SMARTS) is 1. The van der Waals surface area contributed by atoms with E-state index in [2.05, 4.69) is 20.9 Å². The van der Waals surface area contributed by atoms with Crippen LogP contribution in [-0.4, -0.2) is 29.7 Å². The van der Waals surface area contributed by atoms with E-state index in [0.29, 0.717) is 10.0 Å². The number of allylic oxidation sites excluding steroid dienone is 1. The average molecular weight is 445 g/mol. The number of carbonyl (C=O) groups is 2. The largest absolute Gasteiger partial charge is 0.481 e. The van der Waals surface area contributed by atoms with Crippen LogP contribution in [0.15, 0.2) is 63.7 Å². The van der Waals surface area contributed by atoms with Crippen molar-refractivity contribution >= 4 is 39.6 Å². The van der Waals surface area contributed by atoms with Crippen LogP contribution in [0.25, 0.3) is 0 Å². The molecule has 0 radical (unpaired) electrons. The number of para-hydroxylation sites is 1. The van der Waals surface area contributed by atoms with Gasteiger partial charge < -0.3 is 15.6 Å². The molecule has 0 saturated carbocycles. The molecule has 0 fully saturated rings. The molecule has 7 heteroatoms. The van der Waals surface area contributed by atoms with Crippen molar-refractivity contribution in [1.29, 1.82) is 0 Å². The summed E-state index contributed by atoms with van der Waals surface area (Å²) in [5.41, 5.74) is 8.41. The van der Waals surface area contributed by atoms with E-state index >= 15 is 0 Å². The number of hydrogen-bond donors (Lipinski definition) is 2. The molecule has 0 bridgehead atoms. The fourth-order valence-electron chi connectivity index (χ4n) is 2.50. The van der Waals surface area contributed by atoms with Gasteiger partial charge in [-0.3, -0.25) is 9.79 Å². The summed E-state index contributed by atoms with van der Waals surface area (Å²) < 4.78 is 5.91. The monoisotopic (exact) mass is 444 g/mol. The van der Waals surface area contributed by atoms with Crippen LogP contribution in [0.4, 0.5) is 5.69 Å². The highest BCUT2D eigenvalue weighted by atomic mass is 79.9. The van der Waals surface area contributed by atoms with Crippen LogP contribution in [0.3, 0.4) is 0 Å². The van der Waals surface area contributed by atoms with E-state index in [9.17, 15) is 9.59 Å². The average Bonchev–Trinajstić information content (AvgIpc) is 2.69. The molecule has 0 aliphatic carbocycles. The number of hydrogen-bond acceptors (Lipinski definition) is 5. The number of aliphatic carboxylic acids is 1. The second-order valence-corrected chi connectivity index (χ2v) is 6.82.